The number of aromatic nitrogens is 1. The Balaban J connectivity index is 3.36. The Morgan fingerprint density at radius 2 is 2.14 bits per heavy atom. The van der Waals surface area contributed by atoms with Crippen molar-refractivity contribution in [2.45, 2.75) is 33.7 Å². The largest absolute Gasteiger partial charge is 0.409 e. The van der Waals surface area contributed by atoms with E-state index in [2.05, 4.69) is 10.1 Å². The van der Waals surface area contributed by atoms with Gasteiger partial charge in [-0.1, -0.05) is 19.0 Å². The molecule has 0 saturated heterocycles. The molecule has 0 aliphatic carbocycles. The molecule has 8 nitrogen and oxygen atoms in total. The van der Waals surface area contributed by atoms with Crippen molar-refractivity contribution in [1.29, 1.82) is 0 Å². The van der Waals surface area contributed by atoms with Crippen molar-refractivity contribution in [3.8, 4) is 0 Å². The minimum Gasteiger partial charge on any atom is -0.409 e. The fraction of sp³-hybridized carbons (Fsp3) is 0.538. The van der Waals surface area contributed by atoms with Gasteiger partial charge in [-0.15, -0.1) is 0 Å². The van der Waals surface area contributed by atoms with E-state index in [0.717, 1.165) is 0 Å². The second-order valence-electron chi connectivity index (χ2n) is 5.45. The highest BCUT2D eigenvalue weighted by molar-refractivity contribution is 5.97. The fourth-order valence-electron chi connectivity index (χ4n) is 1.93. The summed E-state index contributed by atoms with van der Waals surface area (Å²) in [6.07, 6.45) is 1.37. The summed E-state index contributed by atoms with van der Waals surface area (Å²) in [5.74, 6) is 0.410. The van der Waals surface area contributed by atoms with Crippen LogP contribution in [0.5, 0.6) is 0 Å². The molecule has 1 aromatic heterocycles. The second kappa shape index (κ2) is 6.87. The van der Waals surface area contributed by atoms with Crippen LogP contribution in [0.25, 0.3) is 0 Å². The van der Waals surface area contributed by atoms with E-state index in [1.165, 1.54) is 12.3 Å². The molecule has 0 bridgehead atoms. The van der Waals surface area contributed by atoms with Crippen molar-refractivity contribution in [2.75, 3.05) is 11.4 Å². The van der Waals surface area contributed by atoms with Crippen LogP contribution in [0.1, 0.15) is 33.3 Å². The predicted molar refractivity (Wildman–Crippen MR) is 80.7 cm³/mol. The molecule has 0 atom stereocenters. The van der Waals surface area contributed by atoms with E-state index in [-0.39, 0.29) is 28.9 Å². The molecule has 3 N–H and O–H groups in total. The molecule has 8 heteroatoms. The van der Waals surface area contributed by atoms with Crippen LogP contribution in [0.3, 0.4) is 0 Å². The average Bonchev–Trinajstić information content (AvgIpc) is 2.42. The van der Waals surface area contributed by atoms with Gasteiger partial charge in [0.15, 0.2) is 5.84 Å². The van der Waals surface area contributed by atoms with Gasteiger partial charge in [-0.3, -0.25) is 10.1 Å². The molecule has 0 saturated carbocycles. The third-order valence-corrected chi connectivity index (χ3v) is 2.90. The first-order valence-electron chi connectivity index (χ1n) is 6.66. The molecule has 0 aromatic carbocycles. The number of nitrogens with two attached hydrogens (primary N) is 1. The van der Waals surface area contributed by atoms with Gasteiger partial charge in [-0.25, -0.2) is 4.98 Å². The number of pyridine rings is 1. The monoisotopic (exact) mass is 295 g/mol. The first kappa shape index (κ1) is 16.7. The molecule has 0 unspecified atom stereocenters. The Bertz CT molecular complexity index is 543. The van der Waals surface area contributed by atoms with Gasteiger partial charge in [-0.2, -0.15) is 0 Å². The van der Waals surface area contributed by atoms with Crippen LogP contribution in [0.15, 0.2) is 17.4 Å². The van der Waals surface area contributed by atoms with E-state index in [9.17, 15) is 10.1 Å². The first-order chi connectivity index (χ1) is 9.77. The highest BCUT2D eigenvalue weighted by atomic mass is 16.6. The SMILES string of the molecule is CC(C)CN(c1ncc(C(N)=NO)cc1[N+](=O)[O-])C(C)C. The normalized spacial score (nSPS) is 12.0. The Hall–Kier alpha value is -2.38. The summed E-state index contributed by atoms with van der Waals surface area (Å²) in [6.45, 7) is 8.61. The highest BCUT2D eigenvalue weighted by Crippen LogP contribution is 2.28. The van der Waals surface area contributed by atoms with Gasteiger partial charge in [0.1, 0.15) is 0 Å². The quantitative estimate of drug-likeness (QED) is 0.272. The van der Waals surface area contributed by atoms with E-state index in [0.29, 0.717) is 12.5 Å². The fourth-order valence-corrected chi connectivity index (χ4v) is 1.93. The standard InChI is InChI=1S/C13H21N5O3/c1-8(2)7-17(9(3)4)13-11(18(20)21)5-10(6-15-13)12(14)16-19/h5-6,8-9,19H,7H2,1-4H3,(H2,14,16). The van der Waals surface area contributed by atoms with Crippen molar-refractivity contribution in [3.63, 3.8) is 0 Å². The lowest BCUT2D eigenvalue weighted by Crippen LogP contribution is -2.35. The lowest BCUT2D eigenvalue weighted by Gasteiger charge is -2.29. The Kier molecular flexibility index (Phi) is 5.45. The molecule has 0 amide bonds. The van der Waals surface area contributed by atoms with E-state index in [1.54, 1.807) is 0 Å². The van der Waals surface area contributed by atoms with E-state index < -0.39 is 4.92 Å². The van der Waals surface area contributed by atoms with Crippen molar-refractivity contribution in [1.82, 2.24) is 4.98 Å². The van der Waals surface area contributed by atoms with Crippen LogP contribution in [0.4, 0.5) is 11.5 Å². The molecule has 1 aromatic rings. The second-order valence-corrected chi connectivity index (χ2v) is 5.45. The molecule has 0 fully saturated rings. The molecule has 116 valence electrons. The molecule has 1 rings (SSSR count). The number of nitro groups is 1. The zero-order chi connectivity index (χ0) is 16.2. The van der Waals surface area contributed by atoms with Crippen LogP contribution in [-0.4, -0.2) is 33.5 Å². The summed E-state index contributed by atoms with van der Waals surface area (Å²) in [5.41, 5.74) is 5.50. The van der Waals surface area contributed by atoms with Crippen molar-refractivity contribution < 1.29 is 10.1 Å². The zero-order valence-corrected chi connectivity index (χ0v) is 12.6. The summed E-state index contributed by atoms with van der Waals surface area (Å²) in [5, 5.41) is 22.8. The Morgan fingerprint density at radius 1 is 1.52 bits per heavy atom. The molecule has 0 aliphatic heterocycles. The third-order valence-electron chi connectivity index (χ3n) is 2.90. The molecule has 0 aliphatic rings. The lowest BCUT2D eigenvalue weighted by molar-refractivity contribution is -0.384. The van der Waals surface area contributed by atoms with Crippen LogP contribution in [0, 0.1) is 16.0 Å². The van der Waals surface area contributed by atoms with Crippen LogP contribution < -0.4 is 10.6 Å². The summed E-state index contributed by atoms with van der Waals surface area (Å²) < 4.78 is 0. The number of oxime groups is 1. The average molecular weight is 295 g/mol. The highest BCUT2D eigenvalue weighted by Gasteiger charge is 2.25. The number of rotatable bonds is 6. The van der Waals surface area contributed by atoms with Gasteiger partial charge >= 0.3 is 5.69 Å². The van der Waals surface area contributed by atoms with Gasteiger partial charge in [-0.05, 0) is 19.8 Å². The third kappa shape index (κ3) is 4.04. The van der Waals surface area contributed by atoms with Crippen LogP contribution >= 0.6 is 0 Å². The van der Waals surface area contributed by atoms with Gasteiger partial charge in [0.25, 0.3) is 0 Å². The predicted octanol–water partition coefficient (Wildman–Crippen LogP) is 1.96. The molecular formula is C13H21N5O3. The van der Waals surface area contributed by atoms with E-state index in [4.69, 9.17) is 10.9 Å². The maximum Gasteiger partial charge on any atom is 0.312 e. The number of hydrogen-bond donors (Lipinski definition) is 2. The lowest BCUT2D eigenvalue weighted by atomic mass is 10.1. The van der Waals surface area contributed by atoms with Gasteiger partial charge in [0.2, 0.25) is 5.82 Å². The zero-order valence-electron chi connectivity index (χ0n) is 12.6. The molecular weight excluding hydrogens is 274 g/mol. The van der Waals surface area contributed by atoms with Crippen molar-refractivity contribution >= 4 is 17.3 Å². The smallest absolute Gasteiger partial charge is 0.312 e. The van der Waals surface area contributed by atoms with E-state index >= 15 is 0 Å². The maximum absolute atomic E-state index is 11.3. The number of amidine groups is 1. The number of hydrogen-bond acceptors (Lipinski definition) is 6. The minimum atomic E-state index is -0.508. The number of nitrogens with zero attached hydrogens (tertiary/aromatic N) is 4. The van der Waals surface area contributed by atoms with E-state index in [1.807, 2.05) is 32.6 Å². The molecule has 0 radical (unpaired) electrons. The first-order valence-corrected chi connectivity index (χ1v) is 6.66. The van der Waals surface area contributed by atoms with Gasteiger partial charge < -0.3 is 15.8 Å². The summed E-state index contributed by atoms with van der Waals surface area (Å²) in [4.78, 5) is 16.8. The maximum atomic E-state index is 11.3. The van der Waals surface area contributed by atoms with Crippen molar-refractivity contribution in [2.24, 2.45) is 16.8 Å². The van der Waals surface area contributed by atoms with Gasteiger partial charge in [0, 0.05) is 30.4 Å². The molecule has 21 heavy (non-hydrogen) atoms. The topological polar surface area (TPSA) is 118 Å². The summed E-state index contributed by atoms with van der Waals surface area (Å²) >= 11 is 0. The Labute approximate surface area is 123 Å². The minimum absolute atomic E-state index is 0.0632. The summed E-state index contributed by atoms with van der Waals surface area (Å²) in [6, 6.07) is 1.33. The van der Waals surface area contributed by atoms with Crippen molar-refractivity contribution in [3.05, 3.63) is 27.9 Å². The van der Waals surface area contributed by atoms with Gasteiger partial charge in [0.05, 0.1) is 4.92 Å². The molecule has 1 heterocycles. The van der Waals surface area contributed by atoms with Crippen LogP contribution in [0.2, 0.25) is 0 Å². The number of anilines is 1. The van der Waals surface area contributed by atoms with Crippen LogP contribution in [-0.2, 0) is 0 Å². The summed E-state index contributed by atoms with van der Waals surface area (Å²) in [7, 11) is 0. The molecule has 0 spiro atoms. The Morgan fingerprint density at radius 3 is 2.57 bits per heavy atom.